The van der Waals surface area contributed by atoms with Crippen LogP contribution in [0.3, 0.4) is 0 Å². The van der Waals surface area contributed by atoms with Crippen molar-refractivity contribution in [2.45, 2.75) is 6.04 Å². The highest BCUT2D eigenvalue weighted by molar-refractivity contribution is 5.78. The van der Waals surface area contributed by atoms with E-state index in [2.05, 4.69) is 10.3 Å². The first-order chi connectivity index (χ1) is 12.1. The number of hydrogen-bond donors (Lipinski definition) is 1. The molecule has 132 valence electrons. The summed E-state index contributed by atoms with van der Waals surface area (Å²) in [5.74, 6) is 0.920. The molecule has 1 aliphatic rings. The minimum absolute atomic E-state index is 0.0713. The Morgan fingerprint density at radius 1 is 1.52 bits per heavy atom. The molecule has 2 aromatic rings. The third kappa shape index (κ3) is 3.77. The highest BCUT2D eigenvalue weighted by atomic mass is 16.6. The standard InChI is InChI=1S/C16H19N5O4/c1-19-7-6-18-16(19)14-10-17-5-8-20(14)15(22)11-25-13-4-2-3-12(9-13)21(23)24/h2-4,6-7,9,14,17H,5,8,10-11H2,1H3. The van der Waals surface area contributed by atoms with Crippen molar-refractivity contribution in [2.75, 3.05) is 26.2 Å². The Hall–Kier alpha value is -2.94. The van der Waals surface area contributed by atoms with Gasteiger partial charge in [-0.3, -0.25) is 14.9 Å². The molecule has 1 aromatic heterocycles. The molecule has 1 aliphatic heterocycles. The number of aryl methyl sites for hydroxylation is 1. The molecule has 0 saturated carbocycles. The highest BCUT2D eigenvalue weighted by Gasteiger charge is 2.30. The van der Waals surface area contributed by atoms with Gasteiger partial charge in [-0.1, -0.05) is 6.07 Å². The van der Waals surface area contributed by atoms with Crippen molar-refractivity contribution in [1.29, 1.82) is 0 Å². The smallest absolute Gasteiger partial charge is 0.273 e. The number of nitrogens with zero attached hydrogens (tertiary/aromatic N) is 4. The van der Waals surface area contributed by atoms with Gasteiger partial charge in [0, 0.05) is 45.1 Å². The molecule has 1 fully saturated rings. The van der Waals surface area contributed by atoms with Gasteiger partial charge in [-0.25, -0.2) is 4.98 Å². The van der Waals surface area contributed by atoms with Crippen LogP contribution in [0.25, 0.3) is 0 Å². The van der Waals surface area contributed by atoms with Crippen molar-refractivity contribution >= 4 is 11.6 Å². The highest BCUT2D eigenvalue weighted by Crippen LogP contribution is 2.22. The predicted octanol–water partition coefficient (Wildman–Crippen LogP) is 0.880. The van der Waals surface area contributed by atoms with Crippen molar-refractivity contribution in [2.24, 2.45) is 7.05 Å². The molecule has 0 spiro atoms. The lowest BCUT2D eigenvalue weighted by atomic mass is 10.1. The van der Waals surface area contributed by atoms with Crippen molar-refractivity contribution in [3.63, 3.8) is 0 Å². The predicted molar refractivity (Wildman–Crippen MR) is 89.1 cm³/mol. The molecule has 0 aliphatic carbocycles. The Balaban J connectivity index is 1.68. The Morgan fingerprint density at radius 2 is 2.36 bits per heavy atom. The van der Waals surface area contributed by atoms with E-state index in [9.17, 15) is 14.9 Å². The van der Waals surface area contributed by atoms with Gasteiger partial charge in [0.2, 0.25) is 0 Å². The zero-order valence-electron chi connectivity index (χ0n) is 13.8. The number of ether oxygens (including phenoxy) is 1. The number of imidazole rings is 1. The number of carbonyl (C=O) groups excluding carboxylic acids is 1. The number of carbonyl (C=O) groups is 1. The number of non-ortho nitro benzene ring substituents is 1. The van der Waals surface area contributed by atoms with E-state index >= 15 is 0 Å². The van der Waals surface area contributed by atoms with Crippen molar-refractivity contribution in [3.05, 3.63) is 52.6 Å². The average Bonchev–Trinajstić information content (AvgIpc) is 3.05. The number of hydrogen-bond acceptors (Lipinski definition) is 6. The lowest BCUT2D eigenvalue weighted by Gasteiger charge is -2.35. The van der Waals surface area contributed by atoms with Gasteiger partial charge < -0.3 is 19.5 Å². The Bertz CT molecular complexity index is 775. The Morgan fingerprint density at radius 3 is 3.08 bits per heavy atom. The van der Waals surface area contributed by atoms with Crippen LogP contribution >= 0.6 is 0 Å². The number of piperazine rings is 1. The molecule has 1 amide bonds. The summed E-state index contributed by atoms with van der Waals surface area (Å²) in [6.07, 6.45) is 3.54. The molecule has 9 heteroatoms. The number of amides is 1. The zero-order chi connectivity index (χ0) is 17.8. The van der Waals surface area contributed by atoms with Crippen molar-refractivity contribution < 1.29 is 14.5 Å². The molecule has 1 aromatic carbocycles. The maximum atomic E-state index is 12.6. The summed E-state index contributed by atoms with van der Waals surface area (Å²) in [5, 5.41) is 14.1. The number of nitrogens with one attached hydrogen (secondary N) is 1. The minimum atomic E-state index is -0.498. The fourth-order valence-electron chi connectivity index (χ4n) is 2.85. The molecule has 3 rings (SSSR count). The van der Waals surface area contributed by atoms with Crippen LogP contribution in [0.1, 0.15) is 11.9 Å². The second kappa shape index (κ2) is 7.31. The number of benzene rings is 1. The summed E-state index contributed by atoms with van der Waals surface area (Å²) < 4.78 is 7.35. The lowest BCUT2D eigenvalue weighted by Crippen LogP contribution is -2.50. The number of rotatable bonds is 5. The summed E-state index contributed by atoms with van der Waals surface area (Å²) in [7, 11) is 1.89. The summed E-state index contributed by atoms with van der Waals surface area (Å²) in [6.45, 7) is 1.69. The van der Waals surface area contributed by atoms with E-state index in [0.29, 0.717) is 25.4 Å². The van der Waals surface area contributed by atoms with Gasteiger partial charge in [0.05, 0.1) is 11.0 Å². The molecule has 1 saturated heterocycles. The molecule has 2 heterocycles. The van der Waals surface area contributed by atoms with Crippen LogP contribution in [-0.4, -0.2) is 51.5 Å². The molecule has 1 atom stereocenters. The third-order valence-electron chi connectivity index (χ3n) is 4.11. The van der Waals surface area contributed by atoms with Crippen molar-refractivity contribution in [1.82, 2.24) is 19.8 Å². The number of nitro groups is 1. The van der Waals surface area contributed by atoms with E-state index in [0.717, 1.165) is 5.82 Å². The maximum absolute atomic E-state index is 12.6. The van der Waals surface area contributed by atoms with Crippen LogP contribution in [0.4, 0.5) is 5.69 Å². The molecule has 25 heavy (non-hydrogen) atoms. The van der Waals surface area contributed by atoms with E-state index in [4.69, 9.17) is 4.74 Å². The number of aromatic nitrogens is 2. The van der Waals surface area contributed by atoms with Gasteiger partial charge in [-0.05, 0) is 6.07 Å². The van der Waals surface area contributed by atoms with Crippen LogP contribution in [0.2, 0.25) is 0 Å². The first kappa shape index (κ1) is 16.9. The molecule has 0 radical (unpaired) electrons. The fraction of sp³-hybridized carbons (Fsp3) is 0.375. The summed E-state index contributed by atoms with van der Waals surface area (Å²) >= 11 is 0. The van der Waals surface area contributed by atoms with Gasteiger partial charge >= 0.3 is 0 Å². The Kier molecular flexibility index (Phi) is 4.94. The van der Waals surface area contributed by atoms with Crippen LogP contribution < -0.4 is 10.1 Å². The van der Waals surface area contributed by atoms with Crippen LogP contribution in [0.5, 0.6) is 5.75 Å². The molecule has 1 unspecified atom stereocenters. The topological polar surface area (TPSA) is 103 Å². The quantitative estimate of drug-likeness (QED) is 0.637. The molecule has 0 bridgehead atoms. The van der Waals surface area contributed by atoms with Crippen LogP contribution in [-0.2, 0) is 11.8 Å². The zero-order valence-corrected chi connectivity index (χ0v) is 13.8. The summed E-state index contributed by atoms with van der Waals surface area (Å²) in [6, 6.07) is 5.63. The van der Waals surface area contributed by atoms with E-state index in [1.54, 1.807) is 17.2 Å². The van der Waals surface area contributed by atoms with Gasteiger partial charge in [0.15, 0.2) is 6.61 Å². The van der Waals surface area contributed by atoms with Crippen LogP contribution in [0.15, 0.2) is 36.7 Å². The second-order valence-electron chi connectivity index (χ2n) is 5.75. The lowest BCUT2D eigenvalue weighted by molar-refractivity contribution is -0.384. The average molecular weight is 345 g/mol. The number of nitro benzene ring substituents is 1. The van der Waals surface area contributed by atoms with Gasteiger partial charge in [0.1, 0.15) is 17.6 Å². The monoisotopic (exact) mass is 345 g/mol. The normalized spacial score (nSPS) is 17.3. The maximum Gasteiger partial charge on any atom is 0.273 e. The molecular formula is C16H19N5O4. The second-order valence-corrected chi connectivity index (χ2v) is 5.75. The summed E-state index contributed by atoms with van der Waals surface area (Å²) in [4.78, 5) is 29.0. The Labute approximate surface area is 144 Å². The van der Waals surface area contributed by atoms with E-state index in [1.165, 1.54) is 18.2 Å². The molecule has 9 nitrogen and oxygen atoms in total. The largest absolute Gasteiger partial charge is 0.484 e. The van der Waals surface area contributed by atoms with Crippen molar-refractivity contribution in [3.8, 4) is 5.75 Å². The fourth-order valence-corrected chi connectivity index (χ4v) is 2.85. The van der Waals surface area contributed by atoms with E-state index in [1.807, 2.05) is 17.8 Å². The third-order valence-corrected chi connectivity index (χ3v) is 4.11. The van der Waals surface area contributed by atoms with E-state index in [-0.39, 0.29) is 24.2 Å². The first-order valence-electron chi connectivity index (χ1n) is 7.91. The SMILES string of the molecule is Cn1ccnc1C1CNCCN1C(=O)COc1cccc([N+](=O)[O-])c1. The van der Waals surface area contributed by atoms with Crippen LogP contribution in [0, 0.1) is 10.1 Å². The summed E-state index contributed by atoms with van der Waals surface area (Å²) in [5.41, 5.74) is -0.0713. The van der Waals surface area contributed by atoms with Gasteiger partial charge in [0.25, 0.3) is 11.6 Å². The van der Waals surface area contributed by atoms with Gasteiger partial charge in [-0.2, -0.15) is 0 Å². The molecule has 1 N–H and O–H groups in total. The van der Waals surface area contributed by atoms with E-state index < -0.39 is 4.92 Å². The first-order valence-corrected chi connectivity index (χ1v) is 7.91. The molecular weight excluding hydrogens is 326 g/mol. The minimum Gasteiger partial charge on any atom is -0.484 e. The van der Waals surface area contributed by atoms with Gasteiger partial charge in [-0.15, -0.1) is 0 Å².